The molecule has 1 aliphatic rings. The Labute approximate surface area is 83.2 Å². The van der Waals surface area contributed by atoms with Crippen molar-refractivity contribution in [2.24, 2.45) is 0 Å². The average molecular weight is 200 g/mol. The summed E-state index contributed by atoms with van der Waals surface area (Å²) in [5.74, 6) is -0.394. The van der Waals surface area contributed by atoms with Crippen molar-refractivity contribution in [1.82, 2.24) is 10.6 Å². The number of nitrogens with one attached hydrogen (secondary N) is 2. The second kappa shape index (κ2) is 4.95. The van der Waals surface area contributed by atoms with Crippen LogP contribution in [0.4, 0.5) is 0 Å². The van der Waals surface area contributed by atoms with Gasteiger partial charge in [0.05, 0.1) is 0 Å². The number of hydrogen-bond donors (Lipinski definition) is 2. The van der Waals surface area contributed by atoms with Crippen molar-refractivity contribution in [2.75, 3.05) is 13.7 Å². The molecule has 0 radical (unpaired) electrons. The van der Waals surface area contributed by atoms with Crippen molar-refractivity contribution >= 4 is 11.8 Å². The fourth-order valence-corrected chi connectivity index (χ4v) is 1.37. The monoisotopic (exact) mass is 200 g/mol. The van der Waals surface area contributed by atoms with E-state index in [2.05, 4.69) is 10.6 Å². The average Bonchev–Trinajstić information content (AvgIpc) is 2.69. The molecule has 0 aliphatic carbocycles. The Morgan fingerprint density at radius 3 is 2.71 bits per heavy atom. The van der Waals surface area contributed by atoms with Gasteiger partial charge in [-0.2, -0.15) is 0 Å². The van der Waals surface area contributed by atoms with Gasteiger partial charge in [-0.15, -0.1) is 0 Å². The molecule has 2 amide bonds. The van der Waals surface area contributed by atoms with Gasteiger partial charge in [0.2, 0.25) is 11.8 Å². The molecule has 2 N–H and O–H groups in total. The molecule has 1 aliphatic heterocycles. The van der Waals surface area contributed by atoms with Gasteiger partial charge in [0.25, 0.3) is 0 Å². The van der Waals surface area contributed by atoms with Crippen LogP contribution in [0.5, 0.6) is 0 Å². The van der Waals surface area contributed by atoms with Crippen LogP contribution < -0.4 is 10.6 Å². The number of amides is 2. The normalized spacial score (nSPS) is 22.9. The highest BCUT2D eigenvalue weighted by atomic mass is 16.5. The van der Waals surface area contributed by atoms with E-state index in [4.69, 9.17) is 4.74 Å². The third kappa shape index (κ3) is 2.70. The lowest BCUT2D eigenvalue weighted by atomic mass is 10.2. The first kappa shape index (κ1) is 11.0. The molecule has 0 aromatic heterocycles. The van der Waals surface area contributed by atoms with Crippen molar-refractivity contribution < 1.29 is 14.3 Å². The summed E-state index contributed by atoms with van der Waals surface area (Å²) in [6.45, 7) is 2.28. The van der Waals surface area contributed by atoms with Crippen LogP contribution in [0.2, 0.25) is 0 Å². The van der Waals surface area contributed by atoms with E-state index in [1.54, 1.807) is 6.92 Å². The number of hydrogen-bond acceptors (Lipinski definition) is 3. The number of carbonyl (C=O) groups excluding carboxylic acids is 2. The quantitative estimate of drug-likeness (QED) is 0.640. The van der Waals surface area contributed by atoms with E-state index in [9.17, 15) is 9.59 Å². The van der Waals surface area contributed by atoms with Gasteiger partial charge in [-0.05, 0) is 19.8 Å². The lowest BCUT2D eigenvalue weighted by molar-refractivity contribution is -0.134. The summed E-state index contributed by atoms with van der Waals surface area (Å²) in [4.78, 5) is 22.6. The van der Waals surface area contributed by atoms with Crippen LogP contribution in [0.15, 0.2) is 0 Å². The smallest absolute Gasteiger partial charge is 0.249 e. The maximum atomic E-state index is 11.5. The van der Waals surface area contributed by atoms with E-state index in [1.165, 1.54) is 7.05 Å². The van der Waals surface area contributed by atoms with Crippen LogP contribution in [0.3, 0.4) is 0 Å². The summed E-state index contributed by atoms with van der Waals surface area (Å²) in [7, 11) is 1.54. The van der Waals surface area contributed by atoms with Gasteiger partial charge in [-0.1, -0.05) is 0 Å². The highest BCUT2D eigenvalue weighted by Crippen LogP contribution is 2.11. The fraction of sp³-hybridized carbons (Fsp3) is 0.778. The Morgan fingerprint density at radius 2 is 2.21 bits per heavy atom. The molecule has 2 atom stereocenters. The van der Waals surface area contributed by atoms with Gasteiger partial charge in [-0.3, -0.25) is 9.59 Å². The van der Waals surface area contributed by atoms with Crippen molar-refractivity contribution in [3.05, 3.63) is 0 Å². The maximum Gasteiger partial charge on any atom is 0.249 e. The second-order valence-electron chi connectivity index (χ2n) is 3.35. The van der Waals surface area contributed by atoms with Crippen molar-refractivity contribution in [1.29, 1.82) is 0 Å². The molecule has 5 nitrogen and oxygen atoms in total. The predicted octanol–water partition coefficient (Wildman–Crippen LogP) is -0.584. The summed E-state index contributed by atoms with van der Waals surface area (Å²) >= 11 is 0. The number of rotatable bonds is 3. The van der Waals surface area contributed by atoms with Crippen LogP contribution in [0, 0.1) is 0 Å². The van der Waals surface area contributed by atoms with E-state index in [0.717, 1.165) is 12.8 Å². The predicted molar refractivity (Wildman–Crippen MR) is 50.6 cm³/mol. The molecule has 0 aromatic rings. The SMILES string of the molecule is CNC(=O)C(C)NC(=O)C1CCCO1. The fourth-order valence-electron chi connectivity index (χ4n) is 1.37. The van der Waals surface area contributed by atoms with Gasteiger partial charge in [0, 0.05) is 13.7 Å². The summed E-state index contributed by atoms with van der Waals surface area (Å²) in [6.07, 6.45) is 1.28. The van der Waals surface area contributed by atoms with Crippen LogP contribution in [-0.4, -0.2) is 37.6 Å². The Kier molecular flexibility index (Phi) is 3.88. The van der Waals surface area contributed by atoms with E-state index in [0.29, 0.717) is 6.61 Å². The van der Waals surface area contributed by atoms with Crippen LogP contribution in [0.1, 0.15) is 19.8 Å². The largest absolute Gasteiger partial charge is 0.368 e. The van der Waals surface area contributed by atoms with Crippen LogP contribution in [0.25, 0.3) is 0 Å². The lowest BCUT2D eigenvalue weighted by Crippen LogP contribution is -2.47. The summed E-state index contributed by atoms with van der Waals surface area (Å²) in [5, 5.41) is 5.06. The molecule has 14 heavy (non-hydrogen) atoms. The molecular weight excluding hydrogens is 184 g/mol. The van der Waals surface area contributed by atoms with Crippen LogP contribution >= 0.6 is 0 Å². The van der Waals surface area contributed by atoms with Gasteiger partial charge < -0.3 is 15.4 Å². The molecule has 5 heteroatoms. The first-order chi connectivity index (χ1) is 6.65. The van der Waals surface area contributed by atoms with Gasteiger partial charge >= 0.3 is 0 Å². The number of likely N-dealkylation sites (N-methyl/N-ethyl adjacent to an activating group) is 1. The van der Waals surface area contributed by atoms with Gasteiger partial charge in [0.15, 0.2) is 0 Å². The summed E-state index contributed by atoms with van der Waals surface area (Å²) in [5.41, 5.74) is 0. The van der Waals surface area contributed by atoms with Gasteiger partial charge in [0.1, 0.15) is 12.1 Å². The Bertz CT molecular complexity index is 224. The molecular formula is C9H16N2O3. The molecule has 0 spiro atoms. The number of ether oxygens (including phenoxy) is 1. The Morgan fingerprint density at radius 1 is 1.50 bits per heavy atom. The third-order valence-corrected chi connectivity index (χ3v) is 2.22. The molecule has 1 fully saturated rings. The highest BCUT2D eigenvalue weighted by Gasteiger charge is 2.25. The Hall–Kier alpha value is -1.10. The molecule has 0 aromatic carbocycles. The van der Waals surface area contributed by atoms with E-state index in [-0.39, 0.29) is 17.9 Å². The molecule has 0 bridgehead atoms. The zero-order valence-corrected chi connectivity index (χ0v) is 8.50. The second-order valence-corrected chi connectivity index (χ2v) is 3.35. The number of carbonyl (C=O) groups is 2. The van der Waals surface area contributed by atoms with Crippen molar-refractivity contribution in [2.45, 2.75) is 31.9 Å². The molecule has 1 heterocycles. The van der Waals surface area contributed by atoms with Gasteiger partial charge in [-0.25, -0.2) is 0 Å². The minimum Gasteiger partial charge on any atom is -0.368 e. The maximum absolute atomic E-state index is 11.5. The molecule has 1 rings (SSSR count). The lowest BCUT2D eigenvalue weighted by Gasteiger charge is -2.15. The van der Waals surface area contributed by atoms with E-state index >= 15 is 0 Å². The van der Waals surface area contributed by atoms with Crippen LogP contribution in [-0.2, 0) is 14.3 Å². The van der Waals surface area contributed by atoms with Crippen molar-refractivity contribution in [3.8, 4) is 0 Å². The summed E-state index contributed by atoms with van der Waals surface area (Å²) in [6, 6.07) is -0.503. The van der Waals surface area contributed by atoms with E-state index in [1.807, 2.05) is 0 Å². The first-order valence-electron chi connectivity index (χ1n) is 4.78. The first-order valence-corrected chi connectivity index (χ1v) is 4.78. The van der Waals surface area contributed by atoms with Crippen molar-refractivity contribution in [3.63, 3.8) is 0 Å². The molecule has 2 unspecified atom stereocenters. The minimum absolute atomic E-state index is 0.196. The molecule has 0 saturated carbocycles. The topological polar surface area (TPSA) is 67.4 Å². The molecule has 1 saturated heterocycles. The zero-order valence-electron chi connectivity index (χ0n) is 8.50. The Balaban J connectivity index is 2.35. The third-order valence-electron chi connectivity index (χ3n) is 2.22. The summed E-state index contributed by atoms with van der Waals surface area (Å²) < 4.78 is 5.19. The zero-order chi connectivity index (χ0) is 10.6. The standard InChI is InChI=1S/C9H16N2O3/c1-6(8(12)10-2)11-9(13)7-4-3-5-14-7/h6-7H,3-5H2,1-2H3,(H,10,12)(H,11,13). The van der Waals surface area contributed by atoms with E-state index < -0.39 is 6.04 Å². The molecule has 80 valence electrons. The minimum atomic E-state index is -0.503. The highest BCUT2D eigenvalue weighted by molar-refractivity contribution is 5.88.